The van der Waals surface area contributed by atoms with Crippen molar-refractivity contribution in [2.24, 2.45) is 0 Å². The Hall–Kier alpha value is -1.38. The fourth-order valence-electron chi connectivity index (χ4n) is 2.17. The van der Waals surface area contributed by atoms with Crippen LogP contribution in [0.5, 0.6) is 0 Å². The molecule has 0 N–H and O–H groups in total. The number of thioether (sulfide) groups is 1. The summed E-state index contributed by atoms with van der Waals surface area (Å²) in [5.74, 6) is 0.321. The van der Waals surface area contributed by atoms with Gasteiger partial charge in [-0.2, -0.15) is 0 Å². The number of aromatic nitrogens is 2. The fourth-order valence-corrected chi connectivity index (χ4v) is 3.91. The second-order valence-electron chi connectivity index (χ2n) is 5.44. The SMILES string of the molecule is CCCCN(C)C(=O)CSc1nc2ccsc2c(=O)n1CCOC. The molecule has 0 fully saturated rings. The van der Waals surface area contributed by atoms with Crippen LogP contribution in [0.25, 0.3) is 10.2 Å². The van der Waals surface area contributed by atoms with Gasteiger partial charge in [-0.05, 0) is 17.9 Å². The lowest BCUT2D eigenvalue weighted by Crippen LogP contribution is -2.30. The van der Waals surface area contributed by atoms with E-state index in [4.69, 9.17) is 4.74 Å². The number of unbranched alkanes of at least 4 members (excludes halogenated alkanes) is 1. The van der Waals surface area contributed by atoms with Crippen LogP contribution in [-0.4, -0.2) is 53.4 Å². The van der Waals surface area contributed by atoms with E-state index in [1.54, 1.807) is 16.6 Å². The van der Waals surface area contributed by atoms with Gasteiger partial charge in [0.25, 0.3) is 5.56 Å². The number of hydrogen-bond acceptors (Lipinski definition) is 6. The molecule has 6 nitrogen and oxygen atoms in total. The molecule has 0 bridgehead atoms. The summed E-state index contributed by atoms with van der Waals surface area (Å²) >= 11 is 2.70. The monoisotopic (exact) mass is 369 g/mol. The number of fused-ring (bicyclic) bond motifs is 1. The first-order valence-corrected chi connectivity index (χ1v) is 9.78. The Labute approximate surface area is 149 Å². The molecule has 0 aliphatic heterocycles. The number of amides is 1. The number of ether oxygens (including phenoxy) is 1. The number of methoxy groups -OCH3 is 1. The van der Waals surface area contributed by atoms with Gasteiger partial charge in [0.05, 0.1) is 24.4 Å². The van der Waals surface area contributed by atoms with Gasteiger partial charge >= 0.3 is 0 Å². The molecule has 1 amide bonds. The van der Waals surface area contributed by atoms with E-state index in [1.807, 2.05) is 18.5 Å². The van der Waals surface area contributed by atoms with Crippen LogP contribution in [0.3, 0.4) is 0 Å². The quantitative estimate of drug-likeness (QED) is 0.502. The van der Waals surface area contributed by atoms with E-state index in [1.165, 1.54) is 23.1 Å². The standard InChI is InChI=1S/C16H23N3O3S2/c1-4-5-7-18(2)13(20)11-24-16-17-12-6-10-23-14(12)15(21)19(16)8-9-22-3/h6,10H,4-5,7-9,11H2,1-3H3. The summed E-state index contributed by atoms with van der Waals surface area (Å²) in [5.41, 5.74) is 0.620. The molecule has 0 radical (unpaired) electrons. The van der Waals surface area contributed by atoms with Gasteiger partial charge in [0.1, 0.15) is 4.70 Å². The number of hydrogen-bond donors (Lipinski definition) is 0. The van der Waals surface area contributed by atoms with Gasteiger partial charge in [-0.25, -0.2) is 4.98 Å². The van der Waals surface area contributed by atoms with Crippen molar-refractivity contribution in [3.05, 3.63) is 21.8 Å². The van der Waals surface area contributed by atoms with Crippen LogP contribution < -0.4 is 5.56 Å². The van der Waals surface area contributed by atoms with Crippen molar-refractivity contribution in [1.29, 1.82) is 0 Å². The molecule has 24 heavy (non-hydrogen) atoms. The molecule has 0 aliphatic carbocycles. The number of nitrogens with zero attached hydrogens (tertiary/aromatic N) is 3. The minimum atomic E-state index is -0.0682. The lowest BCUT2D eigenvalue weighted by atomic mass is 10.3. The molecule has 132 valence electrons. The second kappa shape index (κ2) is 9.19. The van der Waals surface area contributed by atoms with E-state index >= 15 is 0 Å². The van der Waals surface area contributed by atoms with E-state index in [0.717, 1.165) is 19.4 Å². The highest BCUT2D eigenvalue weighted by atomic mass is 32.2. The van der Waals surface area contributed by atoms with Gasteiger partial charge in [-0.3, -0.25) is 14.2 Å². The molecule has 0 saturated carbocycles. The van der Waals surface area contributed by atoms with E-state index < -0.39 is 0 Å². The van der Waals surface area contributed by atoms with E-state index in [9.17, 15) is 9.59 Å². The maximum atomic E-state index is 12.6. The maximum Gasteiger partial charge on any atom is 0.272 e. The second-order valence-corrected chi connectivity index (χ2v) is 7.30. The normalized spacial score (nSPS) is 11.1. The summed E-state index contributed by atoms with van der Waals surface area (Å²) in [6.07, 6.45) is 2.04. The zero-order valence-corrected chi connectivity index (χ0v) is 15.9. The first kappa shape index (κ1) is 19.0. The van der Waals surface area contributed by atoms with E-state index in [0.29, 0.717) is 28.5 Å². The largest absolute Gasteiger partial charge is 0.383 e. The van der Waals surface area contributed by atoms with Gasteiger partial charge in [-0.15, -0.1) is 11.3 Å². The molecule has 0 spiro atoms. The zero-order chi connectivity index (χ0) is 17.5. The summed E-state index contributed by atoms with van der Waals surface area (Å²) in [4.78, 5) is 31.1. The van der Waals surface area contributed by atoms with E-state index in [-0.39, 0.29) is 17.2 Å². The third-order valence-corrected chi connectivity index (χ3v) is 5.50. The number of thiophene rings is 1. The van der Waals surface area contributed by atoms with Crippen molar-refractivity contribution in [2.45, 2.75) is 31.5 Å². The summed E-state index contributed by atoms with van der Waals surface area (Å²) < 4.78 is 7.33. The molecule has 2 aromatic heterocycles. The molecule has 0 saturated heterocycles. The number of rotatable bonds is 9. The van der Waals surface area contributed by atoms with E-state index in [2.05, 4.69) is 11.9 Å². The van der Waals surface area contributed by atoms with Gasteiger partial charge < -0.3 is 9.64 Å². The van der Waals surface area contributed by atoms with Crippen molar-refractivity contribution in [2.75, 3.05) is 33.1 Å². The maximum absolute atomic E-state index is 12.6. The molecular weight excluding hydrogens is 346 g/mol. The minimum Gasteiger partial charge on any atom is -0.383 e. The average Bonchev–Trinajstić information content (AvgIpc) is 3.05. The first-order chi connectivity index (χ1) is 11.6. The molecule has 0 aromatic carbocycles. The summed E-state index contributed by atoms with van der Waals surface area (Å²) in [6.45, 7) is 3.71. The molecule has 2 heterocycles. The molecule has 0 unspecified atom stereocenters. The van der Waals surface area contributed by atoms with Crippen LogP contribution in [0.1, 0.15) is 19.8 Å². The van der Waals surface area contributed by atoms with Crippen molar-refractivity contribution >= 4 is 39.2 Å². The average molecular weight is 370 g/mol. The fraction of sp³-hybridized carbons (Fsp3) is 0.562. The van der Waals surface area contributed by atoms with Gasteiger partial charge in [0, 0.05) is 20.7 Å². The van der Waals surface area contributed by atoms with Gasteiger partial charge in [-0.1, -0.05) is 25.1 Å². The van der Waals surface area contributed by atoms with Crippen LogP contribution >= 0.6 is 23.1 Å². The molecular formula is C16H23N3O3S2. The summed E-state index contributed by atoms with van der Waals surface area (Å²) in [6, 6.07) is 1.83. The lowest BCUT2D eigenvalue weighted by molar-refractivity contribution is -0.127. The number of carbonyl (C=O) groups is 1. The number of carbonyl (C=O) groups excluding carboxylic acids is 1. The van der Waals surface area contributed by atoms with Crippen molar-refractivity contribution < 1.29 is 9.53 Å². The Kier molecular flexibility index (Phi) is 7.26. The Morgan fingerprint density at radius 2 is 2.29 bits per heavy atom. The molecule has 2 aromatic rings. The third-order valence-electron chi connectivity index (χ3n) is 3.65. The predicted octanol–water partition coefficient (Wildman–Crippen LogP) is 2.46. The highest BCUT2D eigenvalue weighted by Gasteiger charge is 2.15. The van der Waals surface area contributed by atoms with Crippen molar-refractivity contribution in [3.63, 3.8) is 0 Å². The Morgan fingerprint density at radius 3 is 3.00 bits per heavy atom. The van der Waals surface area contributed by atoms with Crippen LogP contribution in [0.4, 0.5) is 0 Å². The summed E-state index contributed by atoms with van der Waals surface area (Å²) in [7, 11) is 3.41. The van der Waals surface area contributed by atoms with Gasteiger partial charge in [0.2, 0.25) is 5.91 Å². The first-order valence-electron chi connectivity index (χ1n) is 7.92. The Morgan fingerprint density at radius 1 is 1.50 bits per heavy atom. The smallest absolute Gasteiger partial charge is 0.272 e. The molecule has 2 rings (SSSR count). The predicted molar refractivity (Wildman–Crippen MR) is 99.0 cm³/mol. The van der Waals surface area contributed by atoms with Gasteiger partial charge in [0.15, 0.2) is 5.16 Å². The van der Waals surface area contributed by atoms with Crippen LogP contribution in [0.15, 0.2) is 21.4 Å². The minimum absolute atomic E-state index is 0.0476. The van der Waals surface area contributed by atoms with Crippen molar-refractivity contribution in [1.82, 2.24) is 14.5 Å². The summed E-state index contributed by atoms with van der Waals surface area (Å²) in [5, 5.41) is 2.43. The zero-order valence-electron chi connectivity index (χ0n) is 14.3. The third kappa shape index (κ3) is 4.58. The Bertz CT molecular complexity index is 742. The Balaban J connectivity index is 2.17. The molecule has 0 aliphatic rings. The molecule has 8 heteroatoms. The lowest BCUT2D eigenvalue weighted by Gasteiger charge is -2.17. The van der Waals surface area contributed by atoms with Crippen LogP contribution in [0, 0.1) is 0 Å². The van der Waals surface area contributed by atoms with Crippen molar-refractivity contribution in [3.8, 4) is 0 Å². The van der Waals surface area contributed by atoms with Crippen LogP contribution in [0.2, 0.25) is 0 Å². The van der Waals surface area contributed by atoms with Crippen LogP contribution in [-0.2, 0) is 16.1 Å². The topological polar surface area (TPSA) is 64.4 Å². The highest BCUT2D eigenvalue weighted by molar-refractivity contribution is 7.99. The molecule has 0 atom stereocenters. The highest BCUT2D eigenvalue weighted by Crippen LogP contribution is 2.21.